The average Bonchev–Trinajstić information content (AvgIpc) is 3.70. The quantitative estimate of drug-likeness (QED) is 0.0222. The maximum Gasteiger partial charge on any atom is 0.472 e. The number of esters is 4. The standard InChI is InChI=1S/C68H132O17P2/c1-8-10-11-12-13-14-16-22-28-37-44-51-67(72)85-64(56-79-66(71)50-43-36-31-30-34-41-48-61(7)9-2)58-83-87(76,77)81-54-62(69)53-80-86(74,75)82-57-63(55-78-65(70)49-42-35-27-24-19-21-26-33-40-47-60(5)6)84-68(73)52-45-38-29-23-18-15-17-20-25-32-39-46-59(3)4/h59-64,69H,8-58H2,1-7H3,(H,74,75)(H,76,77)/t61?,62-,63-,64-/m1/s1. The highest BCUT2D eigenvalue weighted by Gasteiger charge is 2.30. The van der Waals surface area contributed by atoms with Gasteiger partial charge in [0.2, 0.25) is 0 Å². The zero-order chi connectivity index (χ0) is 64.5. The molecule has 0 fully saturated rings. The fourth-order valence-electron chi connectivity index (χ4n) is 10.2. The molecule has 0 aromatic carbocycles. The molecule has 516 valence electrons. The van der Waals surface area contributed by atoms with E-state index in [1.165, 1.54) is 141 Å². The molecule has 0 spiro atoms. The van der Waals surface area contributed by atoms with Crippen LogP contribution in [0.5, 0.6) is 0 Å². The first-order chi connectivity index (χ1) is 41.8. The number of rotatable bonds is 66. The number of unbranched alkanes of at least 4 members (excludes halogenated alkanes) is 33. The maximum absolute atomic E-state index is 13.0. The Bertz CT molecular complexity index is 1720. The van der Waals surface area contributed by atoms with E-state index >= 15 is 0 Å². The minimum atomic E-state index is -4.95. The van der Waals surface area contributed by atoms with E-state index in [1.54, 1.807) is 0 Å². The summed E-state index contributed by atoms with van der Waals surface area (Å²) in [5.41, 5.74) is 0. The molecule has 0 aromatic rings. The summed E-state index contributed by atoms with van der Waals surface area (Å²) in [5, 5.41) is 10.6. The largest absolute Gasteiger partial charge is 0.472 e. The van der Waals surface area contributed by atoms with E-state index in [1.807, 2.05) is 0 Å². The summed E-state index contributed by atoms with van der Waals surface area (Å²) in [7, 11) is -9.90. The Labute approximate surface area is 530 Å². The first-order valence-corrected chi connectivity index (χ1v) is 38.4. The molecule has 19 heteroatoms. The number of carbonyl (C=O) groups is 4. The molecule has 0 aliphatic rings. The molecule has 0 aliphatic carbocycles. The first-order valence-electron chi connectivity index (χ1n) is 35.4. The van der Waals surface area contributed by atoms with Gasteiger partial charge < -0.3 is 33.8 Å². The number of aliphatic hydroxyl groups is 1. The van der Waals surface area contributed by atoms with Gasteiger partial charge in [-0.1, -0.05) is 286 Å². The third-order valence-electron chi connectivity index (χ3n) is 16.0. The number of carbonyl (C=O) groups excluding carboxylic acids is 4. The van der Waals surface area contributed by atoms with Gasteiger partial charge in [0, 0.05) is 25.7 Å². The number of ether oxygens (including phenoxy) is 4. The van der Waals surface area contributed by atoms with E-state index < -0.39 is 97.5 Å². The van der Waals surface area contributed by atoms with E-state index in [0.29, 0.717) is 25.7 Å². The second-order valence-corrected chi connectivity index (χ2v) is 28.7. The topological polar surface area (TPSA) is 237 Å². The van der Waals surface area contributed by atoms with Gasteiger partial charge in [-0.2, -0.15) is 0 Å². The highest BCUT2D eigenvalue weighted by atomic mass is 31.2. The van der Waals surface area contributed by atoms with Crippen molar-refractivity contribution in [3.05, 3.63) is 0 Å². The van der Waals surface area contributed by atoms with Gasteiger partial charge >= 0.3 is 39.5 Å². The van der Waals surface area contributed by atoms with Crippen LogP contribution in [-0.2, 0) is 65.4 Å². The molecule has 17 nitrogen and oxygen atoms in total. The van der Waals surface area contributed by atoms with Gasteiger partial charge in [0.25, 0.3) is 0 Å². The van der Waals surface area contributed by atoms with Gasteiger partial charge in [-0.05, 0) is 43.4 Å². The molecule has 0 rings (SSSR count). The molecule has 0 heterocycles. The van der Waals surface area contributed by atoms with Crippen LogP contribution in [0.2, 0.25) is 0 Å². The van der Waals surface area contributed by atoms with Gasteiger partial charge in [-0.25, -0.2) is 9.13 Å². The van der Waals surface area contributed by atoms with Crippen molar-refractivity contribution in [1.29, 1.82) is 0 Å². The Morgan fingerprint density at radius 2 is 0.586 bits per heavy atom. The first kappa shape index (κ1) is 85.1. The summed E-state index contributed by atoms with van der Waals surface area (Å²) in [6.07, 6.45) is 41.6. The fraction of sp³-hybridized carbons (Fsp3) is 0.941. The van der Waals surface area contributed by atoms with Crippen LogP contribution in [0.4, 0.5) is 0 Å². The second-order valence-electron chi connectivity index (χ2n) is 25.8. The molecule has 0 amide bonds. The number of phosphoric ester groups is 2. The molecule has 0 radical (unpaired) electrons. The van der Waals surface area contributed by atoms with Crippen molar-refractivity contribution >= 4 is 39.5 Å². The smallest absolute Gasteiger partial charge is 0.462 e. The Hall–Kier alpha value is -1.94. The highest BCUT2D eigenvalue weighted by Crippen LogP contribution is 2.45. The molecule has 0 aliphatic heterocycles. The summed E-state index contributed by atoms with van der Waals surface area (Å²) in [4.78, 5) is 72.4. The zero-order valence-electron chi connectivity index (χ0n) is 56.5. The third kappa shape index (κ3) is 61.3. The van der Waals surface area contributed by atoms with Gasteiger partial charge in [0.15, 0.2) is 12.2 Å². The molecule has 3 N–H and O–H groups in total. The second kappa shape index (κ2) is 59.1. The predicted octanol–water partition coefficient (Wildman–Crippen LogP) is 19.1. The van der Waals surface area contributed by atoms with Crippen molar-refractivity contribution in [3.63, 3.8) is 0 Å². The third-order valence-corrected chi connectivity index (χ3v) is 17.9. The van der Waals surface area contributed by atoms with Crippen molar-refractivity contribution in [2.75, 3.05) is 39.6 Å². The number of phosphoric acid groups is 2. The normalized spacial score (nSPS) is 14.6. The van der Waals surface area contributed by atoms with E-state index in [2.05, 4.69) is 48.5 Å². The monoisotopic (exact) mass is 1280 g/mol. The lowest BCUT2D eigenvalue weighted by atomic mass is 10.00. The summed E-state index contributed by atoms with van der Waals surface area (Å²) < 4.78 is 68.2. The molecular formula is C68H132O17P2. The van der Waals surface area contributed by atoms with Crippen molar-refractivity contribution in [2.24, 2.45) is 17.8 Å². The van der Waals surface area contributed by atoms with Gasteiger partial charge in [0.05, 0.1) is 26.4 Å². The summed E-state index contributed by atoms with van der Waals surface area (Å²) in [5.74, 6) is 0.111. The van der Waals surface area contributed by atoms with Crippen molar-refractivity contribution in [1.82, 2.24) is 0 Å². The van der Waals surface area contributed by atoms with E-state index in [0.717, 1.165) is 114 Å². The SMILES string of the molecule is CCCCCCCCCCCCCC(=O)O[C@H](COC(=O)CCCCCCCCC(C)CC)COP(=O)(O)OC[C@H](O)COP(=O)(O)OC[C@@H](COC(=O)CCCCCCCCCCCC(C)C)OC(=O)CCCCCCCCCCCCCC(C)C. The van der Waals surface area contributed by atoms with Crippen LogP contribution in [0.3, 0.4) is 0 Å². The van der Waals surface area contributed by atoms with E-state index in [-0.39, 0.29) is 25.7 Å². The summed E-state index contributed by atoms with van der Waals surface area (Å²) in [6, 6.07) is 0. The Morgan fingerprint density at radius 3 is 0.874 bits per heavy atom. The molecule has 0 saturated carbocycles. The minimum Gasteiger partial charge on any atom is -0.462 e. The molecule has 3 unspecified atom stereocenters. The number of hydrogen-bond donors (Lipinski definition) is 3. The molecule has 6 atom stereocenters. The lowest BCUT2D eigenvalue weighted by molar-refractivity contribution is -0.161. The van der Waals surface area contributed by atoms with Crippen LogP contribution in [-0.4, -0.2) is 96.7 Å². The predicted molar refractivity (Wildman–Crippen MR) is 349 cm³/mol. The molecule has 87 heavy (non-hydrogen) atoms. The van der Waals surface area contributed by atoms with Gasteiger partial charge in [-0.15, -0.1) is 0 Å². The molecule has 0 saturated heterocycles. The van der Waals surface area contributed by atoms with Crippen LogP contribution in [0, 0.1) is 17.8 Å². The van der Waals surface area contributed by atoms with Crippen LogP contribution < -0.4 is 0 Å². The van der Waals surface area contributed by atoms with E-state index in [4.69, 9.17) is 37.0 Å². The number of aliphatic hydroxyl groups excluding tert-OH is 1. The van der Waals surface area contributed by atoms with E-state index in [9.17, 15) is 43.2 Å². The maximum atomic E-state index is 13.0. The van der Waals surface area contributed by atoms with Crippen molar-refractivity contribution in [3.8, 4) is 0 Å². The van der Waals surface area contributed by atoms with Crippen molar-refractivity contribution in [2.45, 2.75) is 356 Å². The summed E-state index contributed by atoms with van der Waals surface area (Å²) in [6.45, 7) is 11.8. The van der Waals surface area contributed by atoms with Crippen molar-refractivity contribution < 1.29 is 80.2 Å². The summed E-state index contributed by atoms with van der Waals surface area (Å²) >= 11 is 0. The zero-order valence-corrected chi connectivity index (χ0v) is 58.3. The van der Waals surface area contributed by atoms with Gasteiger partial charge in [-0.3, -0.25) is 37.3 Å². The molecule has 0 bridgehead atoms. The lowest BCUT2D eigenvalue weighted by Crippen LogP contribution is -2.30. The average molecular weight is 1280 g/mol. The fourth-order valence-corrected chi connectivity index (χ4v) is 11.7. The number of hydrogen-bond acceptors (Lipinski definition) is 15. The van der Waals surface area contributed by atoms with Crippen LogP contribution >= 0.6 is 15.6 Å². The minimum absolute atomic E-state index is 0.106. The van der Waals surface area contributed by atoms with Gasteiger partial charge in [0.1, 0.15) is 19.3 Å². The van der Waals surface area contributed by atoms with Crippen LogP contribution in [0.1, 0.15) is 337 Å². The van der Waals surface area contributed by atoms with Crippen LogP contribution in [0.15, 0.2) is 0 Å². The Balaban J connectivity index is 5.26. The van der Waals surface area contributed by atoms with Crippen LogP contribution in [0.25, 0.3) is 0 Å². The highest BCUT2D eigenvalue weighted by molar-refractivity contribution is 7.47. The molecular weight excluding hydrogens is 1150 g/mol. The molecule has 0 aromatic heterocycles. The lowest BCUT2D eigenvalue weighted by Gasteiger charge is -2.21. The Kier molecular flexibility index (Phi) is 57.8. The Morgan fingerprint density at radius 1 is 0.333 bits per heavy atom.